The number of rotatable bonds is 6. The number of hydrogen-bond donors (Lipinski definition) is 1. The van der Waals surface area contributed by atoms with E-state index in [1.807, 2.05) is 56.3 Å². The highest BCUT2D eigenvalue weighted by Crippen LogP contribution is 2.28. The van der Waals surface area contributed by atoms with Crippen LogP contribution in [0.1, 0.15) is 23.3 Å². The van der Waals surface area contributed by atoms with Gasteiger partial charge in [0.15, 0.2) is 9.84 Å². The average molecular weight is 303 g/mol. The third kappa shape index (κ3) is 3.71. The van der Waals surface area contributed by atoms with Gasteiger partial charge >= 0.3 is 0 Å². The van der Waals surface area contributed by atoms with E-state index >= 15 is 0 Å². The molecular formula is C17H21NO2S. The fourth-order valence-electron chi connectivity index (χ4n) is 2.24. The Balaban J connectivity index is 2.42. The van der Waals surface area contributed by atoms with Crippen LogP contribution in [-0.2, 0) is 9.84 Å². The number of benzene rings is 2. The van der Waals surface area contributed by atoms with Gasteiger partial charge in [-0.3, -0.25) is 0 Å². The second-order valence-corrected chi connectivity index (χ2v) is 7.20. The van der Waals surface area contributed by atoms with E-state index in [2.05, 4.69) is 5.32 Å². The molecule has 2 aromatic rings. The Labute approximate surface area is 126 Å². The lowest BCUT2D eigenvalue weighted by molar-refractivity contribution is 0.572. The predicted octanol–water partition coefficient (Wildman–Crippen LogP) is 3.12. The molecule has 4 heteroatoms. The standard InChI is InChI=1S/C17H21NO2S/c1-3-18-13-17(15-7-5-4-6-8-15)21(19,20)16-11-9-14(2)10-12-16/h4-12,17-18H,3,13H2,1-2H3. The highest BCUT2D eigenvalue weighted by molar-refractivity contribution is 7.91. The molecule has 0 aliphatic heterocycles. The summed E-state index contributed by atoms with van der Waals surface area (Å²) >= 11 is 0. The molecule has 0 aromatic heterocycles. The van der Waals surface area contributed by atoms with Crippen molar-refractivity contribution in [1.82, 2.24) is 5.32 Å². The number of nitrogens with one attached hydrogen (secondary N) is 1. The first-order valence-electron chi connectivity index (χ1n) is 7.12. The van der Waals surface area contributed by atoms with Gasteiger partial charge in [0.05, 0.1) is 4.90 Å². The summed E-state index contributed by atoms with van der Waals surface area (Å²) in [5, 5.41) is 2.59. The Morgan fingerprint density at radius 3 is 2.19 bits per heavy atom. The van der Waals surface area contributed by atoms with Crippen molar-refractivity contribution < 1.29 is 8.42 Å². The number of likely N-dealkylation sites (N-methyl/N-ethyl adjacent to an activating group) is 1. The Kier molecular flexibility index (Phi) is 5.15. The third-order valence-electron chi connectivity index (χ3n) is 3.48. The SMILES string of the molecule is CCNCC(c1ccccc1)S(=O)(=O)c1ccc(C)cc1. The molecule has 0 amide bonds. The molecule has 1 atom stereocenters. The van der Waals surface area contributed by atoms with Crippen LogP contribution in [0.3, 0.4) is 0 Å². The van der Waals surface area contributed by atoms with Gasteiger partial charge < -0.3 is 5.32 Å². The van der Waals surface area contributed by atoms with Gasteiger partial charge in [0.1, 0.15) is 5.25 Å². The second-order valence-electron chi connectivity index (χ2n) is 5.07. The zero-order valence-corrected chi connectivity index (χ0v) is 13.2. The number of hydrogen-bond acceptors (Lipinski definition) is 3. The lowest BCUT2D eigenvalue weighted by Gasteiger charge is -2.18. The maximum Gasteiger partial charge on any atom is 0.186 e. The van der Waals surface area contributed by atoms with Crippen molar-refractivity contribution in [2.75, 3.05) is 13.1 Å². The maximum atomic E-state index is 12.9. The van der Waals surface area contributed by atoms with E-state index in [1.165, 1.54) is 0 Å². The van der Waals surface area contributed by atoms with Crippen LogP contribution >= 0.6 is 0 Å². The van der Waals surface area contributed by atoms with E-state index in [9.17, 15) is 8.42 Å². The van der Waals surface area contributed by atoms with Crippen molar-refractivity contribution in [2.45, 2.75) is 24.0 Å². The smallest absolute Gasteiger partial charge is 0.186 e. The van der Waals surface area contributed by atoms with E-state index in [1.54, 1.807) is 12.1 Å². The fraction of sp³-hybridized carbons (Fsp3) is 0.294. The molecule has 0 aliphatic carbocycles. The molecule has 112 valence electrons. The highest BCUT2D eigenvalue weighted by atomic mass is 32.2. The minimum atomic E-state index is -3.41. The topological polar surface area (TPSA) is 46.2 Å². The first-order valence-corrected chi connectivity index (χ1v) is 8.66. The summed E-state index contributed by atoms with van der Waals surface area (Å²) in [6, 6.07) is 16.4. The maximum absolute atomic E-state index is 12.9. The summed E-state index contributed by atoms with van der Waals surface area (Å²) < 4.78 is 25.8. The molecule has 0 heterocycles. The van der Waals surface area contributed by atoms with Gasteiger partial charge in [0.25, 0.3) is 0 Å². The van der Waals surface area contributed by atoms with E-state index in [0.717, 1.165) is 17.7 Å². The molecule has 0 saturated heterocycles. The third-order valence-corrected chi connectivity index (χ3v) is 5.59. The van der Waals surface area contributed by atoms with Crippen LogP contribution in [0.15, 0.2) is 59.5 Å². The van der Waals surface area contributed by atoms with Crippen LogP contribution < -0.4 is 5.32 Å². The van der Waals surface area contributed by atoms with Crippen molar-refractivity contribution in [1.29, 1.82) is 0 Å². The molecule has 3 nitrogen and oxygen atoms in total. The van der Waals surface area contributed by atoms with Gasteiger partial charge in [-0.25, -0.2) is 8.42 Å². The summed E-state index contributed by atoms with van der Waals surface area (Å²) in [5.74, 6) is 0. The average Bonchev–Trinajstić information content (AvgIpc) is 2.49. The lowest BCUT2D eigenvalue weighted by Crippen LogP contribution is -2.27. The molecule has 2 aromatic carbocycles. The second kappa shape index (κ2) is 6.87. The molecule has 2 rings (SSSR count). The number of aryl methyl sites for hydroxylation is 1. The molecule has 0 aliphatic rings. The van der Waals surface area contributed by atoms with Crippen molar-refractivity contribution in [3.63, 3.8) is 0 Å². The Morgan fingerprint density at radius 2 is 1.62 bits per heavy atom. The summed E-state index contributed by atoms with van der Waals surface area (Å²) in [6.45, 7) is 5.08. The van der Waals surface area contributed by atoms with Crippen LogP contribution in [0.4, 0.5) is 0 Å². The van der Waals surface area contributed by atoms with E-state index < -0.39 is 15.1 Å². The largest absolute Gasteiger partial charge is 0.315 e. The number of sulfone groups is 1. The first kappa shape index (κ1) is 15.7. The van der Waals surface area contributed by atoms with Gasteiger partial charge in [-0.2, -0.15) is 0 Å². The first-order chi connectivity index (χ1) is 10.1. The minimum Gasteiger partial charge on any atom is -0.315 e. The monoisotopic (exact) mass is 303 g/mol. The minimum absolute atomic E-state index is 0.375. The zero-order chi connectivity index (χ0) is 15.3. The van der Waals surface area contributed by atoms with Crippen molar-refractivity contribution in [2.24, 2.45) is 0 Å². The van der Waals surface area contributed by atoms with Crippen molar-refractivity contribution in [3.8, 4) is 0 Å². The van der Waals surface area contributed by atoms with E-state index in [-0.39, 0.29) is 0 Å². The van der Waals surface area contributed by atoms with Crippen LogP contribution in [0.2, 0.25) is 0 Å². The van der Waals surface area contributed by atoms with Gasteiger partial charge in [-0.15, -0.1) is 0 Å². The molecule has 1 unspecified atom stereocenters. The normalized spacial score (nSPS) is 13.0. The van der Waals surface area contributed by atoms with Crippen molar-refractivity contribution >= 4 is 9.84 Å². The van der Waals surface area contributed by atoms with E-state index in [0.29, 0.717) is 11.4 Å². The quantitative estimate of drug-likeness (QED) is 0.892. The van der Waals surface area contributed by atoms with Gasteiger partial charge in [0, 0.05) is 6.54 Å². The van der Waals surface area contributed by atoms with Gasteiger partial charge in [-0.1, -0.05) is 55.0 Å². The van der Waals surface area contributed by atoms with Crippen LogP contribution in [0.25, 0.3) is 0 Å². The molecule has 0 saturated carbocycles. The molecule has 0 fully saturated rings. The Hall–Kier alpha value is -1.65. The summed E-state index contributed by atoms with van der Waals surface area (Å²) in [7, 11) is -3.41. The summed E-state index contributed by atoms with van der Waals surface area (Å²) in [5.41, 5.74) is 1.87. The molecule has 0 spiro atoms. The van der Waals surface area contributed by atoms with Gasteiger partial charge in [-0.05, 0) is 31.2 Å². The fourth-order valence-corrected chi connectivity index (χ4v) is 3.94. The summed E-state index contributed by atoms with van der Waals surface area (Å²) in [4.78, 5) is 0.375. The molecular weight excluding hydrogens is 282 g/mol. The molecule has 1 N–H and O–H groups in total. The van der Waals surface area contributed by atoms with Gasteiger partial charge in [0.2, 0.25) is 0 Å². The van der Waals surface area contributed by atoms with Crippen LogP contribution in [-0.4, -0.2) is 21.5 Å². The van der Waals surface area contributed by atoms with Crippen LogP contribution in [0, 0.1) is 6.92 Å². The van der Waals surface area contributed by atoms with Crippen molar-refractivity contribution in [3.05, 3.63) is 65.7 Å². The molecule has 0 bridgehead atoms. The van der Waals surface area contributed by atoms with E-state index in [4.69, 9.17) is 0 Å². The van der Waals surface area contributed by atoms with Crippen LogP contribution in [0.5, 0.6) is 0 Å². The predicted molar refractivity (Wildman–Crippen MR) is 86.1 cm³/mol. The Bertz CT molecular complexity index is 664. The summed E-state index contributed by atoms with van der Waals surface area (Å²) in [6.07, 6.45) is 0. The highest BCUT2D eigenvalue weighted by Gasteiger charge is 2.28. The molecule has 0 radical (unpaired) electrons. The zero-order valence-electron chi connectivity index (χ0n) is 12.4. The lowest BCUT2D eigenvalue weighted by atomic mass is 10.1. The molecule has 21 heavy (non-hydrogen) atoms. The Morgan fingerprint density at radius 1 is 1.00 bits per heavy atom.